The van der Waals surface area contributed by atoms with Crippen molar-refractivity contribution in [3.05, 3.63) is 35.1 Å². The molecule has 0 aliphatic carbocycles. The standard InChI is InChI=1S/C15H21ClFNO/c1-10-6-13(4-5-15(10)17)14(16)9-18-7-11(2)19-12(3)8-18/h4-6,11-12,14H,7-9H2,1-3H3. The number of hydrogen-bond donors (Lipinski definition) is 0. The van der Waals surface area contributed by atoms with Crippen molar-refractivity contribution < 1.29 is 9.13 Å². The average molecular weight is 286 g/mol. The van der Waals surface area contributed by atoms with Crippen LogP contribution in [0.5, 0.6) is 0 Å². The molecule has 3 atom stereocenters. The highest BCUT2D eigenvalue weighted by Crippen LogP contribution is 2.25. The third kappa shape index (κ3) is 3.91. The number of rotatable bonds is 3. The lowest BCUT2D eigenvalue weighted by Crippen LogP contribution is -2.46. The van der Waals surface area contributed by atoms with Gasteiger partial charge in [0.05, 0.1) is 17.6 Å². The number of ether oxygens (including phenoxy) is 1. The van der Waals surface area contributed by atoms with Gasteiger partial charge in [0, 0.05) is 19.6 Å². The van der Waals surface area contributed by atoms with Crippen molar-refractivity contribution in [1.82, 2.24) is 4.90 Å². The molecular formula is C15H21ClFNO. The van der Waals surface area contributed by atoms with Crippen molar-refractivity contribution in [3.63, 3.8) is 0 Å². The molecule has 0 bridgehead atoms. The van der Waals surface area contributed by atoms with Crippen LogP contribution in [0.3, 0.4) is 0 Å². The van der Waals surface area contributed by atoms with Crippen molar-refractivity contribution in [2.24, 2.45) is 0 Å². The first kappa shape index (κ1) is 14.8. The van der Waals surface area contributed by atoms with Gasteiger partial charge in [0.15, 0.2) is 0 Å². The Balaban J connectivity index is 2.00. The van der Waals surface area contributed by atoms with Crippen LogP contribution in [0.4, 0.5) is 4.39 Å². The summed E-state index contributed by atoms with van der Waals surface area (Å²) in [4.78, 5) is 2.31. The number of aryl methyl sites for hydroxylation is 1. The normalized spacial score (nSPS) is 26.4. The second-order valence-electron chi connectivity index (χ2n) is 5.45. The van der Waals surface area contributed by atoms with E-state index in [1.807, 2.05) is 6.07 Å². The SMILES string of the molecule is Cc1cc(C(Cl)CN2CC(C)OC(C)C2)ccc1F. The van der Waals surface area contributed by atoms with Crippen molar-refractivity contribution in [2.45, 2.75) is 38.4 Å². The van der Waals surface area contributed by atoms with Gasteiger partial charge in [-0.2, -0.15) is 0 Å². The van der Waals surface area contributed by atoms with E-state index in [1.165, 1.54) is 6.07 Å². The minimum Gasteiger partial charge on any atom is -0.373 e. The van der Waals surface area contributed by atoms with Gasteiger partial charge in [0.1, 0.15) is 5.82 Å². The van der Waals surface area contributed by atoms with Crippen LogP contribution >= 0.6 is 11.6 Å². The van der Waals surface area contributed by atoms with Gasteiger partial charge in [-0.25, -0.2) is 4.39 Å². The number of hydrogen-bond acceptors (Lipinski definition) is 2. The number of morpholine rings is 1. The van der Waals surface area contributed by atoms with E-state index in [1.54, 1.807) is 13.0 Å². The largest absolute Gasteiger partial charge is 0.373 e. The molecule has 19 heavy (non-hydrogen) atoms. The van der Waals surface area contributed by atoms with Crippen LogP contribution in [0.2, 0.25) is 0 Å². The lowest BCUT2D eigenvalue weighted by molar-refractivity contribution is -0.0678. The zero-order valence-electron chi connectivity index (χ0n) is 11.7. The second kappa shape index (κ2) is 6.21. The summed E-state index contributed by atoms with van der Waals surface area (Å²) in [6.45, 7) is 8.48. The molecule has 1 aromatic rings. The van der Waals surface area contributed by atoms with Crippen LogP contribution in [-0.4, -0.2) is 36.7 Å². The van der Waals surface area contributed by atoms with Crippen molar-refractivity contribution in [3.8, 4) is 0 Å². The molecule has 0 amide bonds. The van der Waals surface area contributed by atoms with Crippen molar-refractivity contribution >= 4 is 11.6 Å². The molecule has 1 aliphatic heterocycles. The van der Waals surface area contributed by atoms with Gasteiger partial charge >= 0.3 is 0 Å². The summed E-state index contributed by atoms with van der Waals surface area (Å²) in [5.74, 6) is -0.179. The number of benzene rings is 1. The van der Waals surface area contributed by atoms with E-state index >= 15 is 0 Å². The van der Waals surface area contributed by atoms with E-state index in [0.717, 1.165) is 25.2 Å². The molecule has 0 aromatic heterocycles. The van der Waals surface area contributed by atoms with Crippen LogP contribution in [0.25, 0.3) is 0 Å². The van der Waals surface area contributed by atoms with E-state index < -0.39 is 0 Å². The first-order valence-corrected chi connectivity index (χ1v) is 7.17. The molecule has 1 aliphatic rings. The Morgan fingerprint density at radius 1 is 1.37 bits per heavy atom. The van der Waals surface area contributed by atoms with Crippen molar-refractivity contribution in [2.75, 3.05) is 19.6 Å². The van der Waals surface area contributed by atoms with Crippen molar-refractivity contribution in [1.29, 1.82) is 0 Å². The maximum Gasteiger partial charge on any atom is 0.126 e. The molecule has 0 radical (unpaired) electrons. The molecule has 0 saturated carbocycles. The summed E-state index contributed by atoms with van der Waals surface area (Å²) >= 11 is 6.45. The summed E-state index contributed by atoms with van der Waals surface area (Å²) in [6, 6.07) is 5.10. The Kier molecular flexibility index (Phi) is 4.82. The number of alkyl halides is 1. The molecule has 1 fully saturated rings. The summed E-state index contributed by atoms with van der Waals surface area (Å²) in [7, 11) is 0. The Bertz CT molecular complexity index is 430. The van der Waals surface area contributed by atoms with Gasteiger partial charge in [-0.05, 0) is 38.0 Å². The third-order valence-corrected chi connectivity index (χ3v) is 3.85. The van der Waals surface area contributed by atoms with Gasteiger partial charge in [-0.15, -0.1) is 11.6 Å². The third-order valence-electron chi connectivity index (χ3n) is 3.46. The maximum atomic E-state index is 13.3. The van der Waals surface area contributed by atoms with E-state index in [4.69, 9.17) is 16.3 Å². The molecule has 0 N–H and O–H groups in total. The van der Waals surface area contributed by atoms with Gasteiger partial charge in [-0.3, -0.25) is 4.90 Å². The van der Waals surface area contributed by atoms with Crippen LogP contribution in [0.1, 0.15) is 30.4 Å². The van der Waals surface area contributed by atoms with Crippen LogP contribution < -0.4 is 0 Å². The van der Waals surface area contributed by atoms with E-state index in [9.17, 15) is 4.39 Å². The molecule has 1 heterocycles. The van der Waals surface area contributed by atoms with E-state index in [2.05, 4.69) is 18.7 Å². The fraction of sp³-hybridized carbons (Fsp3) is 0.600. The molecule has 2 nitrogen and oxygen atoms in total. The quantitative estimate of drug-likeness (QED) is 0.788. The zero-order chi connectivity index (χ0) is 14.0. The number of nitrogens with zero attached hydrogens (tertiary/aromatic N) is 1. The predicted octanol–water partition coefficient (Wildman–Crippen LogP) is 3.52. The Hall–Kier alpha value is -0.640. The molecule has 106 valence electrons. The Morgan fingerprint density at radius 3 is 2.58 bits per heavy atom. The highest BCUT2D eigenvalue weighted by atomic mass is 35.5. The predicted molar refractivity (Wildman–Crippen MR) is 76.2 cm³/mol. The topological polar surface area (TPSA) is 12.5 Å². The van der Waals surface area contributed by atoms with Crippen LogP contribution in [0.15, 0.2) is 18.2 Å². The first-order valence-electron chi connectivity index (χ1n) is 6.73. The molecule has 0 spiro atoms. The average Bonchev–Trinajstić information content (AvgIpc) is 2.31. The Morgan fingerprint density at radius 2 is 2.00 bits per heavy atom. The highest BCUT2D eigenvalue weighted by molar-refractivity contribution is 6.21. The molecular weight excluding hydrogens is 265 g/mol. The molecule has 4 heteroatoms. The van der Waals surface area contributed by atoms with Crippen LogP contribution in [0, 0.1) is 12.7 Å². The van der Waals surface area contributed by atoms with E-state index in [0.29, 0.717) is 5.56 Å². The lowest BCUT2D eigenvalue weighted by atomic mass is 10.1. The van der Waals surface area contributed by atoms with Gasteiger partial charge in [0.2, 0.25) is 0 Å². The summed E-state index contributed by atoms with van der Waals surface area (Å²) < 4.78 is 19.0. The first-order chi connectivity index (χ1) is 8.95. The van der Waals surface area contributed by atoms with Crippen LogP contribution in [-0.2, 0) is 4.74 Å². The van der Waals surface area contributed by atoms with Gasteiger partial charge in [0.25, 0.3) is 0 Å². The van der Waals surface area contributed by atoms with Gasteiger partial charge < -0.3 is 4.74 Å². The van der Waals surface area contributed by atoms with E-state index in [-0.39, 0.29) is 23.4 Å². The Labute approximate surface area is 119 Å². The highest BCUT2D eigenvalue weighted by Gasteiger charge is 2.24. The monoisotopic (exact) mass is 285 g/mol. The fourth-order valence-electron chi connectivity index (χ4n) is 2.63. The lowest BCUT2D eigenvalue weighted by Gasteiger charge is -2.36. The summed E-state index contributed by atoms with van der Waals surface area (Å²) in [5, 5.41) is -0.114. The smallest absolute Gasteiger partial charge is 0.126 e. The van der Waals surface area contributed by atoms with Gasteiger partial charge in [-0.1, -0.05) is 12.1 Å². The molecule has 2 rings (SSSR count). The maximum absolute atomic E-state index is 13.3. The fourth-order valence-corrected chi connectivity index (χ4v) is 2.96. The molecule has 1 aromatic carbocycles. The minimum absolute atomic E-state index is 0.114. The summed E-state index contributed by atoms with van der Waals surface area (Å²) in [5.41, 5.74) is 1.62. The zero-order valence-corrected chi connectivity index (χ0v) is 12.5. The second-order valence-corrected chi connectivity index (χ2v) is 5.98. The minimum atomic E-state index is -0.179. The number of halogens is 2. The summed E-state index contributed by atoms with van der Waals surface area (Å²) in [6.07, 6.45) is 0.477. The molecule has 1 saturated heterocycles. The molecule has 3 unspecified atom stereocenters.